The molecule has 8 heteroatoms. The molecule has 0 saturated carbocycles. The largest absolute Gasteiger partial charge is 0.403 e. The minimum absolute atomic E-state index is 0.0203. The van der Waals surface area contributed by atoms with Crippen molar-refractivity contribution in [2.45, 2.75) is 31.1 Å². The molecule has 2 amide bonds. The molecular formula is C13H15F4N3O. The minimum atomic E-state index is -4.28. The molecule has 1 heterocycles. The van der Waals surface area contributed by atoms with E-state index in [2.05, 4.69) is 16.0 Å². The van der Waals surface area contributed by atoms with Gasteiger partial charge in [0.25, 0.3) is 0 Å². The highest BCUT2D eigenvalue weighted by Gasteiger charge is 2.41. The molecule has 1 saturated heterocycles. The van der Waals surface area contributed by atoms with E-state index in [1.54, 1.807) is 6.07 Å². The Balaban J connectivity index is 1.81. The fourth-order valence-electron chi connectivity index (χ4n) is 2.17. The van der Waals surface area contributed by atoms with Crippen LogP contribution >= 0.6 is 0 Å². The number of carbonyl (C=O) groups excluding carboxylic acids is 1. The standard InChI is InChI=1S/C13H15F4N3O/c14-9-3-1-2-4-10(9)20-12(21)19-8-5-6-11(18-7-8)13(15,16)17/h1-4,8,11,18H,5-7H2,(H2,19,20,21). The Kier molecular flexibility index (Phi) is 4.66. The number of hydrogen-bond donors (Lipinski definition) is 3. The van der Waals surface area contributed by atoms with Crippen LogP contribution in [0.2, 0.25) is 0 Å². The van der Waals surface area contributed by atoms with Crippen molar-refractivity contribution in [1.29, 1.82) is 0 Å². The van der Waals surface area contributed by atoms with Gasteiger partial charge in [-0.1, -0.05) is 12.1 Å². The van der Waals surface area contributed by atoms with Crippen LogP contribution in [-0.4, -0.2) is 30.8 Å². The molecule has 1 aromatic carbocycles. The maximum Gasteiger partial charge on any atom is 0.403 e. The summed E-state index contributed by atoms with van der Waals surface area (Å²) in [6.07, 6.45) is -4.17. The minimum Gasteiger partial charge on any atom is -0.334 e. The molecular weight excluding hydrogens is 290 g/mol. The molecule has 1 aliphatic rings. The topological polar surface area (TPSA) is 53.2 Å². The van der Waals surface area contributed by atoms with Crippen LogP contribution in [0.1, 0.15) is 12.8 Å². The van der Waals surface area contributed by atoms with Crippen molar-refractivity contribution in [2.75, 3.05) is 11.9 Å². The molecule has 0 radical (unpaired) electrons. The number of halogens is 4. The number of benzene rings is 1. The van der Waals surface area contributed by atoms with Gasteiger partial charge >= 0.3 is 12.2 Å². The number of rotatable bonds is 2. The zero-order chi connectivity index (χ0) is 15.5. The lowest BCUT2D eigenvalue weighted by atomic mass is 10.0. The van der Waals surface area contributed by atoms with Gasteiger partial charge in [-0.15, -0.1) is 0 Å². The first-order valence-electron chi connectivity index (χ1n) is 6.48. The predicted molar refractivity (Wildman–Crippen MR) is 69.4 cm³/mol. The first kappa shape index (κ1) is 15.6. The molecule has 2 rings (SSSR count). The first-order chi connectivity index (χ1) is 9.86. The van der Waals surface area contributed by atoms with E-state index in [9.17, 15) is 22.4 Å². The SMILES string of the molecule is O=C(Nc1ccccc1F)NC1CCC(C(F)(F)F)NC1. The van der Waals surface area contributed by atoms with Crippen LogP contribution < -0.4 is 16.0 Å². The Bertz CT molecular complexity index is 498. The van der Waals surface area contributed by atoms with Crippen LogP contribution in [0, 0.1) is 5.82 Å². The van der Waals surface area contributed by atoms with Crippen molar-refractivity contribution < 1.29 is 22.4 Å². The Morgan fingerprint density at radius 1 is 1.24 bits per heavy atom. The highest BCUT2D eigenvalue weighted by molar-refractivity contribution is 5.89. The lowest BCUT2D eigenvalue weighted by Gasteiger charge is -2.31. The van der Waals surface area contributed by atoms with E-state index < -0.39 is 30.1 Å². The molecule has 0 aliphatic carbocycles. The molecule has 3 N–H and O–H groups in total. The number of alkyl halides is 3. The summed E-state index contributed by atoms with van der Waals surface area (Å²) in [4.78, 5) is 11.7. The molecule has 0 bridgehead atoms. The number of anilines is 1. The summed E-state index contributed by atoms with van der Waals surface area (Å²) < 4.78 is 50.7. The lowest BCUT2D eigenvalue weighted by molar-refractivity contribution is -0.160. The zero-order valence-electron chi connectivity index (χ0n) is 11.0. The molecule has 2 atom stereocenters. The van der Waals surface area contributed by atoms with E-state index in [1.807, 2.05) is 0 Å². The average molecular weight is 305 g/mol. The molecule has 2 unspecified atom stereocenters. The quantitative estimate of drug-likeness (QED) is 0.736. The van der Waals surface area contributed by atoms with Crippen molar-refractivity contribution in [3.05, 3.63) is 30.1 Å². The number of amides is 2. The summed E-state index contributed by atoms with van der Waals surface area (Å²) in [5.41, 5.74) is 0.0203. The van der Waals surface area contributed by atoms with Crippen LogP contribution in [0.5, 0.6) is 0 Å². The number of piperidine rings is 1. The molecule has 0 aromatic heterocycles. The summed E-state index contributed by atoms with van der Waals surface area (Å²) in [6, 6.07) is 3.05. The van der Waals surface area contributed by atoms with Crippen molar-refractivity contribution in [3.63, 3.8) is 0 Å². The second-order valence-corrected chi connectivity index (χ2v) is 4.86. The van der Waals surface area contributed by atoms with E-state index >= 15 is 0 Å². The van der Waals surface area contributed by atoms with Gasteiger partial charge in [-0.2, -0.15) is 13.2 Å². The predicted octanol–water partition coefficient (Wildman–Crippen LogP) is 2.63. The van der Waals surface area contributed by atoms with Crippen molar-refractivity contribution in [1.82, 2.24) is 10.6 Å². The van der Waals surface area contributed by atoms with E-state index in [-0.39, 0.29) is 25.1 Å². The monoisotopic (exact) mass is 305 g/mol. The van der Waals surface area contributed by atoms with E-state index in [0.29, 0.717) is 0 Å². The van der Waals surface area contributed by atoms with Crippen LogP contribution in [0.4, 0.5) is 28.0 Å². The Morgan fingerprint density at radius 2 is 1.95 bits per heavy atom. The van der Waals surface area contributed by atoms with Crippen LogP contribution in [-0.2, 0) is 0 Å². The van der Waals surface area contributed by atoms with E-state index in [4.69, 9.17) is 0 Å². The van der Waals surface area contributed by atoms with Crippen molar-refractivity contribution in [2.24, 2.45) is 0 Å². The number of nitrogens with one attached hydrogen (secondary N) is 3. The van der Waals surface area contributed by atoms with Crippen LogP contribution in [0.15, 0.2) is 24.3 Å². The summed E-state index contributed by atoms with van der Waals surface area (Å²) in [6.45, 7) is 0.0227. The smallest absolute Gasteiger partial charge is 0.334 e. The van der Waals surface area contributed by atoms with Gasteiger partial charge in [-0.3, -0.25) is 0 Å². The highest BCUT2D eigenvalue weighted by Crippen LogP contribution is 2.26. The average Bonchev–Trinajstić information content (AvgIpc) is 2.41. The Hall–Kier alpha value is -1.83. The van der Waals surface area contributed by atoms with Gasteiger partial charge in [-0.05, 0) is 25.0 Å². The molecule has 0 spiro atoms. The third-order valence-electron chi connectivity index (χ3n) is 3.27. The van der Waals surface area contributed by atoms with Gasteiger partial charge in [0.2, 0.25) is 0 Å². The van der Waals surface area contributed by atoms with E-state index in [1.165, 1.54) is 18.2 Å². The second-order valence-electron chi connectivity index (χ2n) is 4.86. The third kappa shape index (κ3) is 4.32. The van der Waals surface area contributed by atoms with Gasteiger partial charge < -0.3 is 16.0 Å². The van der Waals surface area contributed by atoms with Crippen molar-refractivity contribution in [3.8, 4) is 0 Å². The fraction of sp³-hybridized carbons (Fsp3) is 0.462. The number of hydrogen-bond acceptors (Lipinski definition) is 2. The number of urea groups is 1. The number of para-hydroxylation sites is 1. The van der Waals surface area contributed by atoms with Crippen LogP contribution in [0.3, 0.4) is 0 Å². The summed E-state index contributed by atoms with van der Waals surface area (Å²) in [5.74, 6) is -0.577. The molecule has 4 nitrogen and oxygen atoms in total. The van der Waals surface area contributed by atoms with E-state index in [0.717, 1.165) is 0 Å². The second kappa shape index (κ2) is 6.30. The normalized spacial score (nSPS) is 22.7. The van der Waals surface area contributed by atoms with Gasteiger partial charge in [0, 0.05) is 12.6 Å². The molecule has 116 valence electrons. The summed E-state index contributed by atoms with van der Waals surface area (Å²) in [7, 11) is 0. The summed E-state index contributed by atoms with van der Waals surface area (Å²) >= 11 is 0. The molecule has 1 aromatic rings. The molecule has 1 fully saturated rings. The maximum atomic E-state index is 13.3. The third-order valence-corrected chi connectivity index (χ3v) is 3.27. The van der Waals surface area contributed by atoms with Gasteiger partial charge in [0.1, 0.15) is 11.9 Å². The Morgan fingerprint density at radius 3 is 2.52 bits per heavy atom. The Labute approximate surface area is 118 Å². The van der Waals surface area contributed by atoms with Gasteiger partial charge in [-0.25, -0.2) is 9.18 Å². The lowest BCUT2D eigenvalue weighted by Crippen LogP contribution is -2.54. The molecule has 1 aliphatic heterocycles. The van der Waals surface area contributed by atoms with Gasteiger partial charge in [0.05, 0.1) is 5.69 Å². The van der Waals surface area contributed by atoms with Crippen molar-refractivity contribution >= 4 is 11.7 Å². The maximum absolute atomic E-state index is 13.3. The first-order valence-corrected chi connectivity index (χ1v) is 6.48. The summed E-state index contributed by atoms with van der Waals surface area (Å²) in [5, 5.41) is 7.19. The number of carbonyl (C=O) groups is 1. The highest BCUT2D eigenvalue weighted by atomic mass is 19.4. The zero-order valence-corrected chi connectivity index (χ0v) is 11.0. The van der Waals surface area contributed by atoms with Gasteiger partial charge in [0.15, 0.2) is 0 Å². The molecule has 21 heavy (non-hydrogen) atoms. The van der Waals surface area contributed by atoms with Crippen LogP contribution in [0.25, 0.3) is 0 Å². The fourth-order valence-corrected chi connectivity index (χ4v) is 2.17.